The van der Waals surface area contributed by atoms with Crippen LogP contribution in [0.1, 0.15) is 33.1 Å². The minimum absolute atomic E-state index is 0.00778. The third kappa shape index (κ3) is 1.92. The summed E-state index contributed by atoms with van der Waals surface area (Å²) in [6.45, 7) is 6.37. The molecular weight excluding hydrogens is 178 g/mol. The number of ether oxygens (including phenoxy) is 1. The van der Waals surface area contributed by atoms with Gasteiger partial charge in [-0.05, 0) is 32.2 Å². The Labute approximate surface area is 85.4 Å². The van der Waals surface area contributed by atoms with E-state index in [1.165, 1.54) is 12.8 Å². The molecule has 0 spiro atoms. The van der Waals surface area contributed by atoms with Gasteiger partial charge < -0.3 is 4.74 Å². The summed E-state index contributed by atoms with van der Waals surface area (Å²) in [6.07, 6.45) is 3.52. The summed E-state index contributed by atoms with van der Waals surface area (Å²) in [4.78, 5) is 13.8. The van der Waals surface area contributed by atoms with E-state index in [9.17, 15) is 4.79 Å². The first-order valence-electron chi connectivity index (χ1n) is 5.61. The number of rotatable bonds is 1. The summed E-state index contributed by atoms with van der Waals surface area (Å²) in [5.74, 6) is 0.721. The van der Waals surface area contributed by atoms with Crippen LogP contribution in [0.3, 0.4) is 0 Å². The molecule has 0 saturated carbocycles. The average molecular weight is 197 g/mol. The van der Waals surface area contributed by atoms with Crippen molar-refractivity contribution in [2.45, 2.75) is 45.3 Å². The van der Waals surface area contributed by atoms with Gasteiger partial charge in [-0.15, -0.1) is 0 Å². The number of cyclic esters (lactones) is 1. The quantitative estimate of drug-likeness (QED) is 0.595. The lowest BCUT2D eigenvalue weighted by molar-refractivity contribution is -0.145. The molecular formula is C11H19NO2. The van der Waals surface area contributed by atoms with Gasteiger partial charge in [-0.25, -0.2) is 0 Å². The topological polar surface area (TPSA) is 29.5 Å². The van der Waals surface area contributed by atoms with E-state index in [0.717, 1.165) is 25.4 Å². The number of likely N-dealkylation sites (tertiary alicyclic amines) is 1. The van der Waals surface area contributed by atoms with Gasteiger partial charge in [0, 0.05) is 13.0 Å². The third-order valence-electron chi connectivity index (χ3n) is 3.27. The lowest BCUT2D eigenvalue weighted by Crippen LogP contribution is -2.44. The molecule has 0 N–H and O–H groups in total. The Hall–Kier alpha value is -0.570. The molecule has 2 rings (SSSR count). The Morgan fingerprint density at radius 2 is 2.21 bits per heavy atom. The van der Waals surface area contributed by atoms with E-state index in [1.54, 1.807) is 0 Å². The minimum Gasteiger partial charge on any atom is -0.461 e. The van der Waals surface area contributed by atoms with Gasteiger partial charge in [0.25, 0.3) is 0 Å². The van der Waals surface area contributed by atoms with Crippen molar-refractivity contribution in [3.8, 4) is 0 Å². The molecule has 14 heavy (non-hydrogen) atoms. The highest BCUT2D eigenvalue weighted by Gasteiger charge is 2.37. The molecule has 0 aromatic carbocycles. The van der Waals surface area contributed by atoms with Crippen molar-refractivity contribution >= 4 is 5.97 Å². The maximum atomic E-state index is 11.5. The highest BCUT2D eigenvalue weighted by molar-refractivity contribution is 5.78. The van der Waals surface area contributed by atoms with Crippen LogP contribution < -0.4 is 0 Å². The zero-order valence-corrected chi connectivity index (χ0v) is 9.03. The highest BCUT2D eigenvalue weighted by Crippen LogP contribution is 2.25. The zero-order valence-electron chi connectivity index (χ0n) is 9.03. The molecule has 2 fully saturated rings. The smallest absolute Gasteiger partial charge is 0.323 e. The second-order valence-corrected chi connectivity index (χ2v) is 4.74. The maximum absolute atomic E-state index is 11.5. The van der Waals surface area contributed by atoms with Crippen molar-refractivity contribution in [1.82, 2.24) is 4.90 Å². The largest absolute Gasteiger partial charge is 0.461 e. The number of carbonyl (C=O) groups excluding carboxylic acids is 1. The van der Waals surface area contributed by atoms with Gasteiger partial charge in [0.1, 0.15) is 12.1 Å². The van der Waals surface area contributed by atoms with Gasteiger partial charge >= 0.3 is 5.97 Å². The predicted octanol–water partition coefficient (Wildman–Crippen LogP) is 1.42. The molecule has 3 heteroatoms. The Morgan fingerprint density at radius 3 is 2.79 bits per heavy atom. The molecule has 2 aliphatic heterocycles. The molecule has 0 radical (unpaired) electrons. The van der Waals surface area contributed by atoms with Crippen molar-refractivity contribution in [1.29, 1.82) is 0 Å². The van der Waals surface area contributed by atoms with Crippen LogP contribution in [0.4, 0.5) is 0 Å². The molecule has 3 atom stereocenters. The molecule has 3 nitrogen and oxygen atoms in total. The van der Waals surface area contributed by atoms with Crippen LogP contribution in [0, 0.1) is 5.92 Å². The normalized spacial score (nSPS) is 39.9. The van der Waals surface area contributed by atoms with E-state index < -0.39 is 0 Å². The van der Waals surface area contributed by atoms with Gasteiger partial charge in [-0.2, -0.15) is 0 Å². The average Bonchev–Trinajstić information content (AvgIpc) is 2.45. The van der Waals surface area contributed by atoms with Crippen LogP contribution in [0.5, 0.6) is 0 Å². The number of nitrogens with zero attached hydrogens (tertiary/aromatic N) is 1. The number of hydrogen-bond acceptors (Lipinski definition) is 3. The molecule has 0 unspecified atom stereocenters. The number of piperidine rings is 1. The van der Waals surface area contributed by atoms with Crippen LogP contribution >= 0.6 is 0 Å². The number of carbonyl (C=O) groups is 1. The van der Waals surface area contributed by atoms with Crippen molar-refractivity contribution in [2.24, 2.45) is 5.92 Å². The summed E-state index contributed by atoms with van der Waals surface area (Å²) >= 11 is 0. The van der Waals surface area contributed by atoms with E-state index >= 15 is 0 Å². The fraction of sp³-hybridized carbons (Fsp3) is 0.909. The van der Waals surface area contributed by atoms with Gasteiger partial charge in [0.05, 0.1) is 0 Å². The fourth-order valence-electron chi connectivity index (χ4n) is 2.54. The van der Waals surface area contributed by atoms with Crippen LogP contribution in [0.25, 0.3) is 0 Å². The van der Waals surface area contributed by atoms with E-state index in [4.69, 9.17) is 4.74 Å². The molecule has 0 aromatic heterocycles. The molecule has 2 saturated heterocycles. The first-order valence-corrected chi connectivity index (χ1v) is 5.61. The van der Waals surface area contributed by atoms with Gasteiger partial charge in [-0.3, -0.25) is 9.69 Å². The molecule has 0 amide bonds. The van der Waals surface area contributed by atoms with Crippen LogP contribution in [0.15, 0.2) is 0 Å². The highest BCUT2D eigenvalue weighted by atomic mass is 16.6. The second kappa shape index (κ2) is 3.89. The van der Waals surface area contributed by atoms with E-state index in [2.05, 4.69) is 11.8 Å². The van der Waals surface area contributed by atoms with Crippen LogP contribution in [0.2, 0.25) is 0 Å². The van der Waals surface area contributed by atoms with Gasteiger partial charge in [-0.1, -0.05) is 6.92 Å². The number of hydrogen-bond donors (Lipinski definition) is 0. The second-order valence-electron chi connectivity index (χ2n) is 4.74. The summed E-state index contributed by atoms with van der Waals surface area (Å²) in [6, 6.07) is 0.0488. The third-order valence-corrected chi connectivity index (χ3v) is 3.27. The monoisotopic (exact) mass is 197 g/mol. The molecule has 80 valence electrons. The standard InChI is InChI=1S/C11H19NO2/c1-8-4-3-5-12(7-8)10-6-9(2)14-11(10)13/h8-10H,3-7H2,1-2H3/t8-,9-,10-/m1/s1. The SMILES string of the molecule is C[C@@H]1CCCN([C@@H]2C[C@@H](C)OC2=O)C1. The Bertz CT molecular complexity index is 229. The first kappa shape index (κ1) is 9.97. The lowest BCUT2D eigenvalue weighted by Gasteiger charge is -2.33. The lowest BCUT2D eigenvalue weighted by atomic mass is 9.98. The zero-order chi connectivity index (χ0) is 10.1. The summed E-state index contributed by atoms with van der Waals surface area (Å²) < 4.78 is 5.18. The summed E-state index contributed by atoms with van der Waals surface area (Å²) in [7, 11) is 0. The first-order chi connectivity index (χ1) is 6.66. The Balaban J connectivity index is 1.97. The van der Waals surface area contributed by atoms with Crippen molar-refractivity contribution in [2.75, 3.05) is 13.1 Å². The summed E-state index contributed by atoms with van der Waals surface area (Å²) in [5, 5.41) is 0. The molecule has 2 heterocycles. The predicted molar refractivity (Wildman–Crippen MR) is 53.9 cm³/mol. The van der Waals surface area contributed by atoms with E-state index in [0.29, 0.717) is 0 Å². The van der Waals surface area contributed by atoms with Crippen LogP contribution in [-0.4, -0.2) is 36.1 Å². The molecule has 0 aromatic rings. The maximum Gasteiger partial charge on any atom is 0.323 e. The van der Waals surface area contributed by atoms with Crippen molar-refractivity contribution < 1.29 is 9.53 Å². The van der Waals surface area contributed by atoms with Crippen LogP contribution in [-0.2, 0) is 9.53 Å². The van der Waals surface area contributed by atoms with E-state index in [1.807, 2.05) is 6.92 Å². The van der Waals surface area contributed by atoms with Gasteiger partial charge in [0.15, 0.2) is 0 Å². The van der Waals surface area contributed by atoms with Crippen molar-refractivity contribution in [3.63, 3.8) is 0 Å². The minimum atomic E-state index is -0.00778. The Morgan fingerprint density at radius 1 is 1.43 bits per heavy atom. The van der Waals surface area contributed by atoms with Gasteiger partial charge in [0.2, 0.25) is 0 Å². The molecule has 0 bridgehead atoms. The molecule has 0 aliphatic carbocycles. The Kier molecular flexibility index (Phi) is 2.77. The number of esters is 1. The van der Waals surface area contributed by atoms with E-state index in [-0.39, 0.29) is 18.1 Å². The molecule has 2 aliphatic rings. The summed E-state index contributed by atoms with van der Waals surface area (Å²) in [5.41, 5.74) is 0. The fourth-order valence-corrected chi connectivity index (χ4v) is 2.54. The van der Waals surface area contributed by atoms with Crippen molar-refractivity contribution in [3.05, 3.63) is 0 Å².